The van der Waals surface area contributed by atoms with Crippen LogP contribution in [0.15, 0.2) is 41.0 Å². The number of hydrogen-bond donors (Lipinski definition) is 1. The third-order valence-electron chi connectivity index (χ3n) is 3.64. The highest BCUT2D eigenvalue weighted by Gasteiger charge is 2.08. The van der Waals surface area contributed by atoms with Gasteiger partial charge in [-0.05, 0) is 42.5 Å². The van der Waals surface area contributed by atoms with Crippen molar-refractivity contribution < 1.29 is 4.42 Å². The van der Waals surface area contributed by atoms with Crippen LogP contribution in [-0.4, -0.2) is 0 Å². The lowest BCUT2D eigenvalue weighted by molar-refractivity contribution is 0.458. The highest BCUT2D eigenvalue weighted by atomic mass is 16.3. The molecule has 0 aliphatic carbocycles. The van der Waals surface area contributed by atoms with Crippen LogP contribution in [0.2, 0.25) is 0 Å². The molecule has 0 aliphatic rings. The molecule has 1 unspecified atom stereocenters. The minimum absolute atomic E-state index is 0.325. The molecular formula is C17H23NO. The monoisotopic (exact) mass is 257 g/mol. The van der Waals surface area contributed by atoms with Gasteiger partial charge in [0.15, 0.2) is 0 Å². The van der Waals surface area contributed by atoms with Gasteiger partial charge in [0.05, 0.1) is 12.8 Å². The molecule has 0 bridgehead atoms. The summed E-state index contributed by atoms with van der Waals surface area (Å²) in [6.45, 7) is 9.46. The number of rotatable bonds is 5. The topological polar surface area (TPSA) is 25.2 Å². The van der Waals surface area contributed by atoms with Crippen LogP contribution in [0.5, 0.6) is 0 Å². The molecule has 0 spiro atoms. The zero-order chi connectivity index (χ0) is 13.8. The molecule has 0 fully saturated rings. The molecule has 0 aliphatic heterocycles. The van der Waals surface area contributed by atoms with Gasteiger partial charge in [0, 0.05) is 6.04 Å². The van der Waals surface area contributed by atoms with Crippen molar-refractivity contribution in [1.29, 1.82) is 0 Å². The van der Waals surface area contributed by atoms with E-state index in [2.05, 4.69) is 57.3 Å². The fourth-order valence-electron chi connectivity index (χ4n) is 2.12. The minimum atomic E-state index is 0.325. The fraction of sp³-hybridized carbons (Fsp3) is 0.412. The van der Waals surface area contributed by atoms with E-state index in [1.54, 1.807) is 6.26 Å². The lowest BCUT2D eigenvalue weighted by atomic mass is 9.99. The van der Waals surface area contributed by atoms with Crippen LogP contribution in [0, 0.1) is 6.92 Å². The highest BCUT2D eigenvalue weighted by Crippen LogP contribution is 2.19. The van der Waals surface area contributed by atoms with Gasteiger partial charge in [-0.15, -0.1) is 0 Å². The second kappa shape index (κ2) is 6.07. The van der Waals surface area contributed by atoms with Gasteiger partial charge >= 0.3 is 0 Å². The van der Waals surface area contributed by atoms with Crippen molar-refractivity contribution in [3.8, 4) is 0 Å². The molecule has 0 radical (unpaired) electrons. The molecular weight excluding hydrogens is 234 g/mol. The molecule has 1 aromatic heterocycles. The van der Waals surface area contributed by atoms with E-state index in [0.29, 0.717) is 12.0 Å². The molecule has 1 atom stereocenters. The first-order valence-electron chi connectivity index (χ1n) is 6.94. The van der Waals surface area contributed by atoms with E-state index in [4.69, 9.17) is 4.42 Å². The summed E-state index contributed by atoms with van der Waals surface area (Å²) in [5, 5.41) is 3.50. The maximum Gasteiger partial charge on any atom is 0.120 e. The Labute approximate surface area is 115 Å². The number of furan rings is 1. The fourth-order valence-corrected chi connectivity index (χ4v) is 2.12. The molecule has 0 saturated heterocycles. The van der Waals surface area contributed by atoms with Crippen molar-refractivity contribution in [3.05, 3.63) is 59.0 Å². The molecule has 2 heteroatoms. The number of aryl methyl sites for hydroxylation is 1. The van der Waals surface area contributed by atoms with E-state index in [-0.39, 0.29) is 0 Å². The van der Waals surface area contributed by atoms with Crippen LogP contribution in [-0.2, 0) is 6.54 Å². The number of benzene rings is 1. The molecule has 2 aromatic rings. The predicted molar refractivity (Wildman–Crippen MR) is 79.2 cm³/mol. The first-order valence-corrected chi connectivity index (χ1v) is 6.94. The SMILES string of the molecule is Cc1ccoc1CNC(C)c1ccc(C(C)C)cc1. The first kappa shape index (κ1) is 13.9. The second-order valence-corrected chi connectivity index (χ2v) is 5.45. The third-order valence-corrected chi connectivity index (χ3v) is 3.64. The van der Waals surface area contributed by atoms with Gasteiger partial charge in [0.25, 0.3) is 0 Å². The molecule has 1 N–H and O–H groups in total. The average molecular weight is 257 g/mol. The maximum atomic E-state index is 5.44. The summed E-state index contributed by atoms with van der Waals surface area (Å²) in [5.74, 6) is 1.61. The van der Waals surface area contributed by atoms with Crippen LogP contribution in [0.1, 0.15) is 55.2 Å². The van der Waals surface area contributed by atoms with Gasteiger partial charge in [-0.25, -0.2) is 0 Å². The van der Waals surface area contributed by atoms with E-state index in [1.165, 1.54) is 16.7 Å². The van der Waals surface area contributed by atoms with Crippen molar-refractivity contribution in [2.45, 2.75) is 46.2 Å². The largest absolute Gasteiger partial charge is 0.468 e. The minimum Gasteiger partial charge on any atom is -0.468 e. The lowest BCUT2D eigenvalue weighted by Gasteiger charge is -2.15. The van der Waals surface area contributed by atoms with Crippen molar-refractivity contribution in [2.75, 3.05) is 0 Å². The number of hydrogen-bond acceptors (Lipinski definition) is 2. The van der Waals surface area contributed by atoms with E-state index in [1.807, 2.05) is 6.07 Å². The highest BCUT2D eigenvalue weighted by molar-refractivity contribution is 5.26. The predicted octanol–water partition coefficient (Wildman–Crippen LogP) is 4.56. The zero-order valence-electron chi connectivity index (χ0n) is 12.2. The Morgan fingerprint density at radius 2 is 1.63 bits per heavy atom. The van der Waals surface area contributed by atoms with Gasteiger partial charge in [0.1, 0.15) is 5.76 Å². The molecule has 1 aromatic carbocycles. The molecule has 19 heavy (non-hydrogen) atoms. The van der Waals surface area contributed by atoms with E-state index >= 15 is 0 Å². The molecule has 0 amide bonds. The molecule has 0 saturated carbocycles. The summed E-state index contributed by atoms with van der Waals surface area (Å²) in [7, 11) is 0. The van der Waals surface area contributed by atoms with Crippen molar-refractivity contribution in [2.24, 2.45) is 0 Å². The third kappa shape index (κ3) is 3.48. The summed E-state index contributed by atoms with van der Waals surface area (Å²) < 4.78 is 5.44. The summed E-state index contributed by atoms with van der Waals surface area (Å²) in [6, 6.07) is 11.2. The summed E-state index contributed by atoms with van der Waals surface area (Å²) in [5.41, 5.74) is 3.90. The van der Waals surface area contributed by atoms with Crippen LogP contribution in [0.4, 0.5) is 0 Å². The Kier molecular flexibility index (Phi) is 4.43. The first-order chi connectivity index (χ1) is 9.08. The Morgan fingerprint density at radius 1 is 1.00 bits per heavy atom. The van der Waals surface area contributed by atoms with Crippen LogP contribution < -0.4 is 5.32 Å². The van der Waals surface area contributed by atoms with Gasteiger partial charge in [-0.3, -0.25) is 0 Å². The standard InChI is InChI=1S/C17H23NO/c1-12(2)15-5-7-16(8-6-15)14(4)18-11-17-13(3)9-10-19-17/h5-10,12,14,18H,11H2,1-4H3. The Bertz CT molecular complexity index is 510. The Hall–Kier alpha value is -1.54. The Morgan fingerprint density at radius 3 is 2.16 bits per heavy atom. The quantitative estimate of drug-likeness (QED) is 0.849. The van der Waals surface area contributed by atoms with E-state index in [0.717, 1.165) is 12.3 Å². The molecule has 102 valence electrons. The van der Waals surface area contributed by atoms with Crippen molar-refractivity contribution >= 4 is 0 Å². The Balaban J connectivity index is 1.96. The molecule has 2 nitrogen and oxygen atoms in total. The summed E-state index contributed by atoms with van der Waals surface area (Å²) in [4.78, 5) is 0. The molecule has 1 heterocycles. The van der Waals surface area contributed by atoms with Gasteiger partial charge in [0.2, 0.25) is 0 Å². The summed E-state index contributed by atoms with van der Waals surface area (Å²) >= 11 is 0. The van der Waals surface area contributed by atoms with E-state index < -0.39 is 0 Å². The van der Waals surface area contributed by atoms with Crippen molar-refractivity contribution in [1.82, 2.24) is 5.32 Å². The second-order valence-electron chi connectivity index (χ2n) is 5.45. The number of nitrogens with one attached hydrogen (secondary N) is 1. The van der Waals surface area contributed by atoms with Gasteiger partial charge in [-0.2, -0.15) is 0 Å². The van der Waals surface area contributed by atoms with Crippen molar-refractivity contribution in [3.63, 3.8) is 0 Å². The van der Waals surface area contributed by atoms with Crippen LogP contribution >= 0.6 is 0 Å². The van der Waals surface area contributed by atoms with Gasteiger partial charge in [-0.1, -0.05) is 38.1 Å². The van der Waals surface area contributed by atoms with Crippen LogP contribution in [0.25, 0.3) is 0 Å². The zero-order valence-corrected chi connectivity index (χ0v) is 12.2. The van der Waals surface area contributed by atoms with Gasteiger partial charge < -0.3 is 9.73 Å². The molecule has 2 rings (SSSR count). The normalized spacial score (nSPS) is 12.9. The maximum absolute atomic E-state index is 5.44. The average Bonchev–Trinajstić information content (AvgIpc) is 2.81. The summed E-state index contributed by atoms with van der Waals surface area (Å²) in [6.07, 6.45) is 1.74. The smallest absolute Gasteiger partial charge is 0.120 e. The van der Waals surface area contributed by atoms with Crippen LogP contribution in [0.3, 0.4) is 0 Å². The lowest BCUT2D eigenvalue weighted by Crippen LogP contribution is -2.18. The van der Waals surface area contributed by atoms with E-state index in [9.17, 15) is 0 Å².